The number of rotatable bonds is 1. The second kappa shape index (κ2) is 3.63. The Labute approximate surface area is 89.6 Å². The molecule has 1 heterocycles. The van der Waals surface area contributed by atoms with E-state index in [9.17, 15) is 5.11 Å². The van der Waals surface area contributed by atoms with E-state index in [1.807, 2.05) is 31.3 Å². The van der Waals surface area contributed by atoms with Crippen molar-refractivity contribution < 1.29 is 5.11 Å². The van der Waals surface area contributed by atoms with E-state index in [0.717, 1.165) is 22.0 Å². The van der Waals surface area contributed by atoms with Crippen molar-refractivity contribution in [1.82, 2.24) is 4.98 Å². The van der Waals surface area contributed by atoms with Gasteiger partial charge in [0.1, 0.15) is 0 Å². The summed E-state index contributed by atoms with van der Waals surface area (Å²) in [6, 6.07) is 6.02. The smallest absolute Gasteiger partial charge is 0.0762 e. The molecular weight excluding hydrogens is 186 g/mol. The second-order valence-electron chi connectivity index (χ2n) is 4.04. The first kappa shape index (κ1) is 10.1. The summed E-state index contributed by atoms with van der Waals surface area (Å²) in [5.74, 6) is 0. The third-order valence-electron chi connectivity index (χ3n) is 2.76. The first-order chi connectivity index (χ1) is 7.09. The molecule has 1 N–H and O–H groups in total. The van der Waals surface area contributed by atoms with Gasteiger partial charge in [0.25, 0.3) is 0 Å². The number of aliphatic hydroxyl groups is 1. The molecule has 0 bridgehead atoms. The standard InChI is InChI=1S/C13H15NO/c1-8-4-5-14-13-9(2)6-11(10(3)15)7-12(8)13/h4-7,10,15H,1-3H3. The van der Waals surface area contributed by atoms with Crippen molar-refractivity contribution in [3.05, 3.63) is 41.1 Å². The highest BCUT2D eigenvalue weighted by molar-refractivity contribution is 5.85. The number of fused-ring (bicyclic) bond motifs is 1. The van der Waals surface area contributed by atoms with Crippen LogP contribution in [0.25, 0.3) is 10.9 Å². The first-order valence-corrected chi connectivity index (χ1v) is 5.13. The molecule has 1 aromatic heterocycles. The summed E-state index contributed by atoms with van der Waals surface area (Å²) in [5.41, 5.74) is 4.30. The molecule has 0 saturated heterocycles. The van der Waals surface area contributed by atoms with Gasteiger partial charge in [-0.3, -0.25) is 4.98 Å². The minimum atomic E-state index is -0.423. The Kier molecular flexibility index (Phi) is 2.45. The van der Waals surface area contributed by atoms with Crippen molar-refractivity contribution in [3.8, 4) is 0 Å². The zero-order chi connectivity index (χ0) is 11.0. The normalized spacial score (nSPS) is 13.1. The van der Waals surface area contributed by atoms with E-state index in [1.165, 1.54) is 5.56 Å². The van der Waals surface area contributed by atoms with Crippen molar-refractivity contribution in [3.63, 3.8) is 0 Å². The van der Waals surface area contributed by atoms with E-state index in [2.05, 4.69) is 11.9 Å². The maximum absolute atomic E-state index is 9.58. The fraction of sp³-hybridized carbons (Fsp3) is 0.308. The van der Waals surface area contributed by atoms with E-state index < -0.39 is 6.10 Å². The maximum atomic E-state index is 9.58. The molecule has 0 aliphatic rings. The van der Waals surface area contributed by atoms with E-state index in [1.54, 1.807) is 6.92 Å². The topological polar surface area (TPSA) is 33.1 Å². The molecule has 2 nitrogen and oxygen atoms in total. The SMILES string of the molecule is Cc1ccnc2c(C)cc(C(C)O)cc12. The summed E-state index contributed by atoms with van der Waals surface area (Å²) >= 11 is 0. The zero-order valence-corrected chi connectivity index (χ0v) is 9.28. The van der Waals surface area contributed by atoms with Gasteiger partial charge in [-0.2, -0.15) is 0 Å². The lowest BCUT2D eigenvalue weighted by molar-refractivity contribution is 0.199. The van der Waals surface area contributed by atoms with Gasteiger partial charge in [-0.1, -0.05) is 6.07 Å². The first-order valence-electron chi connectivity index (χ1n) is 5.13. The summed E-state index contributed by atoms with van der Waals surface area (Å²) in [7, 11) is 0. The average Bonchev–Trinajstić information content (AvgIpc) is 2.19. The minimum absolute atomic E-state index is 0.423. The molecule has 0 radical (unpaired) electrons. The highest BCUT2D eigenvalue weighted by Crippen LogP contribution is 2.24. The monoisotopic (exact) mass is 201 g/mol. The van der Waals surface area contributed by atoms with Gasteiger partial charge in [0.2, 0.25) is 0 Å². The molecule has 1 unspecified atom stereocenters. The van der Waals surface area contributed by atoms with Crippen LogP contribution in [0.3, 0.4) is 0 Å². The summed E-state index contributed by atoms with van der Waals surface area (Å²) in [4.78, 5) is 4.36. The van der Waals surface area contributed by atoms with Crippen LogP contribution in [-0.4, -0.2) is 10.1 Å². The predicted octanol–water partition coefficient (Wildman–Crippen LogP) is 2.90. The van der Waals surface area contributed by atoms with Gasteiger partial charge in [-0.05, 0) is 49.6 Å². The lowest BCUT2D eigenvalue weighted by atomic mass is 10.0. The molecule has 1 atom stereocenters. The fourth-order valence-electron chi connectivity index (χ4n) is 1.83. The van der Waals surface area contributed by atoms with Crippen LogP contribution in [0, 0.1) is 13.8 Å². The van der Waals surface area contributed by atoms with Crippen molar-refractivity contribution >= 4 is 10.9 Å². The Bertz CT molecular complexity index is 503. The summed E-state index contributed by atoms with van der Waals surface area (Å²) < 4.78 is 0. The van der Waals surface area contributed by atoms with Gasteiger partial charge in [0.05, 0.1) is 11.6 Å². The molecule has 0 aliphatic carbocycles. The van der Waals surface area contributed by atoms with Crippen LogP contribution in [0.4, 0.5) is 0 Å². The quantitative estimate of drug-likeness (QED) is 0.769. The van der Waals surface area contributed by atoms with Crippen LogP contribution in [-0.2, 0) is 0 Å². The molecule has 0 aliphatic heterocycles. The van der Waals surface area contributed by atoms with Crippen molar-refractivity contribution in [2.24, 2.45) is 0 Å². The van der Waals surface area contributed by atoms with Gasteiger partial charge < -0.3 is 5.11 Å². The minimum Gasteiger partial charge on any atom is -0.389 e. The number of nitrogens with zero attached hydrogens (tertiary/aromatic N) is 1. The molecule has 0 amide bonds. The van der Waals surface area contributed by atoms with Crippen LogP contribution in [0.2, 0.25) is 0 Å². The number of pyridine rings is 1. The number of benzene rings is 1. The van der Waals surface area contributed by atoms with Crippen LogP contribution in [0.5, 0.6) is 0 Å². The molecule has 2 aromatic rings. The molecular formula is C13H15NO. The number of aryl methyl sites for hydroxylation is 2. The molecule has 2 heteroatoms. The van der Waals surface area contributed by atoms with Crippen LogP contribution in [0.15, 0.2) is 24.4 Å². The van der Waals surface area contributed by atoms with E-state index in [-0.39, 0.29) is 0 Å². The highest BCUT2D eigenvalue weighted by Gasteiger charge is 2.07. The molecule has 78 valence electrons. The molecule has 0 spiro atoms. The van der Waals surface area contributed by atoms with Gasteiger partial charge in [0, 0.05) is 11.6 Å². The zero-order valence-electron chi connectivity index (χ0n) is 9.28. The molecule has 0 fully saturated rings. The third kappa shape index (κ3) is 1.73. The lowest BCUT2D eigenvalue weighted by Gasteiger charge is -2.10. The summed E-state index contributed by atoms with van der Waals surface area (Å²) in [5, 5.41) is 10.7. The van der Waals surface area contributed by atoms with Gasteiger partial charge in [-0.15, -0.1) is 0 Å². The lowest BCUT2D eigenvalue weighted by Crippen LogP contribution is -1.94. The number of hydrogen-bond donors (Lipinski definition) is 1. The largest absolute Gasteiger partial charge is 0.389 e. The summed E-state index contributed by atoms with van der Waals surface area (Å²) in [6.45, 7) is 5.88. The Balaban J connectivity index is 2.80. The highest BCUT2D eigenvalue weighted by atomic mass is 16.3. The van der Waals surface area contributed by atoms with Gasteiger partial charge >= 0.3 is 0 Å². The summed E-state index contributed by atoms with van der Waals surface area (Å²) in [6.07, 6.45) is 1.40. The average molecular weight is 201 g/mol. The fourth-order valence-corrected chi connectivity index (χ4v) is 1.83. The Hall–Kier alpha value is -1.41. The van der Waals surface area contributed by atoms with Crippen molar-refractivity contribution in [2.75, 3.05) is 0 Å². The Morgan fingerprint density at radius 3 is 2.60 bits per heavy atom. The molecule has 15 heavy (non-hydrogen) atoms. The molecule has 1 aromatic carbocycles. The number of aromatic nitrogens is 1. The Morgan fingerprint density at radius 1 is 1.20 bits per heavy atom. The van der Waals surface area contributed by atoms with E-state index in [4.69, 9.17) is 0 Å². The van der Waals surface area contributed by atoms with Crippen LogP contribution in [0.1, 0.15) is 29.7 Å². The van der Waals surface area contributed by atoms with Gasteiger partial charge in [-0.25, -0.2) is 0 Å². The Morgan fingerprint density at radius 2 is 1.93 bits per heavy atom. The molecule has 2 rings (SSSR count). The van der Waals surface area contributed by atoms with E-state index >= 15 is 0 Å². The van der Waals surface area contributed by atoms with Crippen molar-refractivity contribution in [2.45, 2.75) is 26.9 Å². The number of aliphatic hydroxyl groups excluding tert-OH is 1. The molecule has 0 saturated carbocycles. The maximum Gasteiger partial charge on any atom is 0.0762 e. The number of hydrogen-bond acceptors (Lipinski definition) is 2. The van der Waals surface area contributed by atoms with Gasteiger partial charge in [0.15, 0.2) is 0 Å². The van der Waals surface area contributed by atoms with Crippen LogP contribution < -0.4 is 0 Å². The van der Waals surface area contributed by atoms with Crippen molar-refractivity contribution in [1.29, 1.82) is 0 Å². The van der Waals surface area contributed by atoms with Crippen LogP contribution >= 0.6 is 0 Å². The third-order valence-corrected chi connectivity index (χ3v) is 2.76. The predicted molar refractivity (Wildman–Crippen MR) is 61.9 cm³/mol. The second-order valence-corrected chi connectivity index (χ2v) is 4.04. The van der Waals surface area contributed by atoms with E-state index in [0.29, 0.717) is 0 Å².